The highest BCUT2D eigenvalue weighted by molar-refractivity contribution is 6.46. The molecule has 33 heavy (non-hydrogen) atoms. The largest absolute Gasteiger partial charge is 0.507 e. The average Bonchev–Trinajstić information content (AvgIpc) is 3.05. The van der Waals surface area contributed by atoms with Crippen molar-refractivity contribution in [2.45, 2.75) is 32.7 Å². The molecule has 0 aromatic heterocycles. The second-order valence-corrected chi connectivity index (χ2v) is 8.66. The summed E-state index contributed by atoms with van der Waals surface area (Å²) < 4.78 is 10.9. The molecule has 1 aliphatic rings. The molecule has 1 N–H and O–H groups in total. The van der Waals surface area contributed by atoms with Crippen LogP contribution in [-0.4, -0.2) is 48.6 Å². The molecular weight excluding hydrogens is 465 g/mol. The second kappa shape index (κ2) is 11.1. The molecule has 1 heterocycles. The van der Waals surface area contributed by atoms with Gasteiger partial charge in [-0.05, 0) is 54.8 Å². The number of likely N-dealkylation sites (tertiary alicyclic amines) is 1. The van der Waals surface area contributed by atoms with Crippen LogP contribution in [0.5, 0.6) is 5.75 Å². The number of unbranched alkanes of at least 4 members (excludes halogenated alkanes) is 1. The van der Waals surface area contributed by atoms with Crippen molar-refractivity contribution in [2.24, 2.45) is 0 Å². The van der Waals surface area contributed by atoms with Crippen LogP contribution in [0.1, 0.15) is 42.5 Å². The number of rotatable bonds is 9. The first-order valence-corrected chi connectivity index (χ1v) is 11.5. The van der Waals surface area contributed by atoms with E-state index in [0.29, 0.717) is 28.5 Å². The molecule has 176 valence electrons. The van der Waals surface area contributed by atoms with E-state index in [0.717, 1.165) is 18.4 Å². The van der Waals surface area contributed by atoms with Crippen molar-refractivity contribution < 1.29 is 24.2 Å². The number of aliphatic hydroxyl groups is 1. The SMILES string of the molecule is CCCCOc1ccc(/C(O)=C2\C(=O)C(=O)N(CCOC)[C@H]2c2ccc(Cl)c(Cl)c2)cc1C. The summed E-state index contributed by atoms with van der Waals surface area (Å²) in [5.74, 6) is -1.02. The van der Waals surface area contributed by atoms with Gasteiger partial charge >= 0.3 is 0 Å². The van der Waals surface area contributed by atoms with E-state index in [1.165, 1.54) is 12.0 Å². The minimum Gasteiger partial charge on any atom is -0.507 e. The first-order valence-electron chi connectivity index (χ1n) is 10.8. The van der Waals surface area contributed by atoms with Gasteiger partial charge in [0.15, 0.2) is 0 Å². The number of amides is 1. The number of hydrogen-bond acceptors (Lipinski definition) is 5. The van der Waals surface area contributed by atoms with Crippen molar-refractivity contribution in [2.75, 3.05) is 26.9 Å². The van der Waals surface area contributed by atoms with Crippen LogP contribution in [0.4, 0.5) is 0 Å². The van der Waals surface area contributed by atoms with Gasteiger partial charge in [-0.15, -0.1) is 0 Å². The van der Waals surface area contributed by atoms with Crippen LogP contribution in [0.3, 0.4) is 0 Å². The second-order valence-electron chi connectivity index (χ2n) is 7.84. The molecule has 0 radical (unpaired) electrons. The van der Waals surface area contributed by atoms with Crippen molar-refractivity contribution in [1.29, 1.82) is 0 Å². The molecule has 1 atom stereocenters. The predicted octanol–water partition coefficient (Wildman–Crippen LogP) is 5.55. The number of aliphatic hydroxyl groups excluding tert-OH is 1. The molecule has 0 spiro atoms. The summed E-state index contributed by atoms with van der Waals surface area (Å²) in [6, 6.07) is 9.24. The number of Topliss-reactive ketones (excluding diaryl/α,β-unsaturated/α-hetero) is 1. The first-order chi connectivity index (χ1) is 15.8. The number of ketones is 1. The van der Waals surface area contributed by atoms with E-state index in [9.17, 15) is 14.7 Å². The van der Waals surface area contributed by atoms with Crippen LogP contribution in [0.15, 0.2) is 42.0 Å². The van der Waals surface area contributed by atoms with Gasteiger partial charge < -0.3 is 19.5 Å². The van der Waals surface area contributed by atoms with Gasteiger partial charge in [0, 0.05) is 19.2 Å². The van der Waals surface area contributed by atoms with Crippen molar-refractivity contribution in [3.63, 3.8) is 0 Å². The maximum Gasteiger partial charge on any atom is 0.295 e. The quantitative estimate of drug-likeness (QED) is 0.215. The number of ether oxygens (including phenoxy) is 2. The third kappa shape index (κ3) is 5.35. The Labute approximate surface area is 203 Å². The fourth-order valence-electron chi connectivity index (χ4n) is 3.77. The first kappa shape index (κ1) is 25.1. The third-order valence-corrected chi connectivity index (χ3v) is 6.28. The predicted molar refractivity (Wildman–Crippen MR) is 129 cm³/mol. The van der Waals surface area contributed by atoms with E-state index >= 15 is 0 Å². The number of halogens is 2. The van der Waals surface area contributed by atoms with Crippen molar-refractivity contribution in [1.82, 2.24) is 4.90 Å². The zero-order valence-electron chi connectivity index (χ0n) is 18.9. The van der Waals surface area contributed by atoms with Crippen LogP contribution in [-0.2, 0) is 14.3 Å². The van der Waals surface area contributed by atoms with Crippen LogP contribution in [0, 0.1) is 6.92 Å². The summed E-state index contributed by atoms with van der Waals surface area (Å²) in [6.45, 7) is 4.96. The Bertz CT molecular complexity index is 1080. The molecule has 1 amide bonds. The van der Waals surface area contributed by atoms with Crippen molar-refractivity contribution >= 4 is 40.7 Å². The summed E-state index contributed by atoms with van der Waals surface area (Å²) >= 11 is 12.3. The topological polar surface area (TPSA) is 76.1 Å². The standard InChI is InChI=1S/C25H27Cl2NO5/c1-4-5-11-33-20-9-7-17(13-15(20)2)23(29)21-22(16-6-8-18(26)19(27)14-16)28(10-12-32-3)25(31)24(21)30/h6-9,13-14,22,29H,4-5,10-12H2,1-3H3/b23-21+/t22-/m0/s1. The summed E-state index contributed by atoms with van der Waals surface area (Å²) in [7, 11) is 1.51. The van der Waals surface area contributed by atoms with Crippen LogP contribution < -0.4 is 4.74 Å². The van der Waals surface area contributed by atoms with Crippen molar-refractivity contribution in [3.05, 3.63) is 68.7 Å². The molecule has 1 fully saturated rings. The van der Waals surface area contributed by atoms with E-state index in [1.54, 1.807) is 36.4 Å². The van der Waals surface area contributed by atoms with Gasteiger partial charge in [0.2, 0.25) is 0 Å². The maximum absolute atomic E-state index is 13.0. The highest BCUT2D eigenvalue weighted by Gasteiger charge is 2.46. The molecule has 8 heteroatoms. The zero-order chi connectivity index (χ0) is 24.1. The van der Waals surface area contributed by atoms with E-state index in [1.807, 2.05) is 6.92 Å². The molecule has 2 aromatic carbocycles. The summed E-state index contributed by atoms with van der Waals surface area (Å²) in [5.41, 5.74) is 1.80. The Morgan fingerprint density at radius 3 is 2.48 bits per heavy atom. The van der Waals surface area contributed by atoms with Crippen molar-refractivity contribution in [3.8, 4) is 5.75 Å². The fraction of sp³-hybridized carbons (Fsp3) is 0.360. The molecule has 0 unspecified atom stereocenters. The molecule has 0 bridgehead atoms. The fourth-order valence-corrected chi connectivity index (χ4v) is 4.08. The Kier molecular flexibility index (Phi) is 8.40. The number of aryl methyl sites for hydroxylation is 1. The van der Waals surface area contributed by atoms with E-state index in [2.05, 4.69) is 6.92 Å². The molecule has 0 saturated carbocycles. The maximum atomic E-state index is 13.0. The molecule has 2 aromatic rings. The van der Waals surface area contributed by atoms with E-state index in [-0.39, 0.29) is 29.5 Å². The lowest BCUT2D eigenvalue weighted by molar-refractivity contribution is -0.140. The van der Waals surface area contributed by atoms with Gasteiger partial charge in [-0.25, -0.2) is 0 Å². The van der Waals surface area contributed by atoms with Crippen LogP contribution in [0.25, 0.3) is 5.76 Å². The molecule has 0 aliphatic carbocycles. The Balaban J connectivity index is 2.08. The highest BCUT2D eigenvalue weighted by Crippen LogP contribution is 2.41. The summed E-state index contributed by atoms with van der Waals surface area (Å²) in [6.07, 6.45) is 1.96. The zero-order valence-corrected chi connectivity index (χ0v) is 20.4. The lowest BCUT2D eigenvalue weighted by Gasteiger charge is -2.25. The van der Waals surface area contributed by atoms with E-state index in [4.69, 9.17) is 32.7 Å². The summed E-state index contributed by atoms with van der Waals surface area (Å²) in [4.78, 5) is 27.3. The number of benzene rings is 2. The van der Waals surface area contributed by atoms with E-state index < -0.39 is 17.7 Å². The lowest BCUT2D eigenvalue weighted by Crippen LogP contribution is -2.32. The summed E-state index contributed by atoms with van der Waals surface area (Å²) in [5, 5.41) is 11.8. The molecule has 6 nitrogen and oxygen atoms in total. The van der Waals surface area contributed by atoms with Gasteiger partial charge in [0.05, 0.1) is 34.9 Å². The number of hydrogen-bond donors (Lipinski definition) is 1. The van der Waals surface area contributed by atoms with Gasteiger partial charge in [-0.2, -0.15) is 0 Å². The Hall–Kier alpha value is -2.54. The minimum absolute atomic E-state index is 0.00598. The smallest absolute Gasteiger partial charge is 0.295 e. The van der Waals surface area contributed by atoms with Gasteiger partial charge in [-0.3, -0.25) is 9.59 Å². The number of carbonyl (C=O) groups is 2. The number of nitrogens with zero attached hydrogens (tertiary/aromatic N) is 1. The van der Waals surface area contributed by atoms with Gasteiger partial charge in [0.1, 0.15) is 11.5 Å². The van der Waals surface area contributed by atoms with Gasteiger partial charge in [0.25, 0.3) is 11.7 Å². The van der Waals surface area contributed by atoms with Gasteiger partial charge in [-0.1, -0.05) is 42.6 Å². The number of methoxy groups -OCH3 is 1. The minimum atomic E-state index is -0.823. The molecule has 1 aliphatic heterocycles. The molecule has 3 rings (SSSR count). The van der Waals surface area contributed by atoms with Crippen LogP contribution >= 0.6 is 23.2 Å². The Morgan fingerprint density at radius 2 is 1.85 bits per heavy atom. The molecular formula is C25H27Cl2NO5. The highest BCUT2D eigenvalue weighted by atomic mass is 35.5. The van der Waals surface area contributed by atoms with Crippen LogP contribution in [0.2, 0.25) is 10.0 Å². The lowest BCUT2D eigenvalue weighted by atomic mass is 9.95. The monoisotopic (exact) mass is 491 g/mol. The average molecular weight is 492 g/mol. The normalized spacial score (nSPS) is 17.6. The Morgan fingerprint density at radius 1 is 1.09 bits per heavy atom. The third-order valence-electron chi connectivity index (χ3n) is 5.54. The number of carbonyl (C=O) groups excluding carboxylic acids is 2. The molecule has 1 saturated heterocycles.